The van der Waals surface area contributed by atoms with E-state index >= 15 is 0 Å². The first kappa shape index (κ1) is 15.7. The van der Waals surface area contributed by atoms with E-state index in [4.69, 9.17) is 4.42 Å². The fourth-order valence-corrected chi connectivity index (χ4v) is 2.05. The van der Waals surface area contributed by atoms with Gasteiger partial charge in [0.2, 0.25) is 0 Å². The molecule has 7 nitrogen and oxygen atoms in total. The number of nitro groups is 1. The first-order valence-electron chi connectivity index (χ1n) is 6.75. The van der Waals surface area contributed by atoms with Gasteiger partial charge in [0.05, 0.1) is 12.2 Å². The van der Waals surface area contributed by atoms with Gasteiger partial charge in [-0.2, -0.15) is 0 Å². The molecule has 2 aromatic rings. The third kappa shape index (κ3) is 3.92. The number of aliphatic hydroxyl groups is 1. The second-order valence-corrected chi connectivity index (χ2v) is 4.93. The first-order chi connectivity index (χ1) is 10.5. The summed E-state index contributed by atoms with van der Waals surface area (Å²) < 4.78 is 4.82. The predicted octanol–water partition coefficient (Wildman–Crippen LogP) is 2.43. The topological polar surface area (TPSA) is 106 Å². The summed E-state index contributed by atoms with van der Waals surface area (Å²) in [7, 11) is 0. The van der Waals surface area contributed by atoms with Crippen LogP contribution in [-0.2, 0) is 0 Å². The van der Waals surface area contributed by atoms with E-state index in [1.54, 1.807) is 19.1 Å². The van der Waals surface area contributed by atoms with Gasteiger partial charge in [0.1, 0.15) is 4.92 Å². The summed E-state index contributed by atoms with van der Waals surface area (Å²) in [6.45, 7) is 1.74. The van der Waals surface area contributed by atoms with Crippen molar-refractivity contribution in [2.45, 2.75) is 25.5 Å². The first-order valence-corrected chi connectivity index (χ1v) is 6.75. The van der Waals surface area contributed by atoms with Crippen LogP contribution in [0.1, 0.15) is 35.6 Å². The fourth-order valence-electron chi connectivity index (χ4n) is 2.05. The number of hydrogen-bond donors (Lipinski definition) is 2. The van der Waals surface area contributed by atoms with Crippen molar-refractivity contribution in [3.63, 3.8) is 0 Å². The maximum atomic E-state index is 11.9. The lowest BCUT2D eigenvalue weighted by molar-refractivity contribution is -0.402. The van der Waals surface area contributed by atoms with Gasteiger partial charge in [-0.25, -0.2) is 0 Å². The third-order valence-electron chi connectivity index (χ3n) is 3.13. The summed E-state index contributed by atoms with van der Waals surface area (Å²) in [4.78, 5) is 21.7. The molecule has 0 bridgehead atoms. The molecule has 2 rings (SSSR count). The quantitative estimate of drug-likeness (QED) is 0.629. The molecule has 0 fully saturated rings. The van der Waals surface area contributed by atoms with Crippen LogP contribution in [0.2, 0.25) is 0 Å². The molecule has 0 saturated heterocycles. The van der Waals surface area contributed by atoms with Gasteiger partial charge in [-0.1, -0.05) is 30.3 Å². The van der Waals surface area contributed by atoms with Gasteiger partial charge < -0.3 is 14.8 Å². The second kappa shape index (κ2) is 6.86. The Kier molecular flexibility index (Phi) is 4.90. The Bertz CT molecular complexity index is 653. The van der Waals surface area contributed by atoms with Gasteiger partial charge in [-0.05, 0) is 25.0 Å². The molecule has 2 N–H and O–H groups in total. The summed E-state index contributed by atoms with van der Waals surface area (Å²) in [5.74, 6) is -1.17. The number of benzene rings is 1. The van der Waals surface area contributed by atoms with Crippen molar-refractivity contribution in [1.82, 2.24) is 5.32 Å². The third-order valence-corrected chi connectivity index (χ3v) is 3.13. The molecular formula is C15H16N2O5. The maximum absolute atomic E-state index is 11.9. The van der Waals surface area contributed by atoms with Gasteiger partial charge in [0.25, 0.3) is 5.91 Å². The number of carbonyl (C=O) groups is 1. The zero-order valence-corrected chi connectivity index (χ0v) is 11.9. The monoisotopic (exact) mass is 304 g/mol. The molecule has 0 spiro atoms. The molecule has 1 heterocycles. The highest BCUT2D eigenvalue weighted by molar-refractivity contribution is 5.91. The molecule has 7 heteroatoms. The molecule has 0 aliphatic rings. The molecule has 1 aromatic carbocycles. The van der Waals surface area contributed by atoms with Crippen LogP contribution in [-0.4, -0.2) is 22.0 Å². The lowest BCUT2D eigenvalue weighted by atomic mass is 10.0. The van der Waals surface area contributed by atoms with E-state index in [0.717, 1.165) is 11.6 Å². The number of rotatable bonds is 6. The summed E-state index contributed by atoms with van der Waals surface area (Å²) >= 11 is 0. The Morgan fingerprint density at radius 3 is 2.59 bits per heavy atom. The standard InChI is InChI=1S/C15H16N2O5/c1-10(9-12(18)11-5-3-2-4-6-11)16-15(19)13-7-8-14(22-13)17(20)21/h2-8,10,12,18H,9H2,1H3,(H,16,19). The minimum Gasteiger partial charge on any atom is -0.395 e. The van der Waals surface area contributed by atoms with E-state index in [1.807, 2.05) is 18.2 Å². The number of furan rings is 1. The summed E-state index contributed by atoms with van der Waals surface area (Å²) in [6, 6.07) is 11.1. The van der Waals surface area contributed by atoms with E-state index in [2.05, 4.69) is 5.32 Å². The van der Waals surface area contributed by atoms with E-state index in [1.165, 1.54) is 6.07 Å². The molecule has 0 radical (unpaired) electrons. The zero-order valence-electron chi connectivity index (χ0n) is 11.9. The summed E-state index contributed by atoms with van der Waals surface area (Å²) in [5.41, 5.74) is 0.761. The van der Waals surface area contributed by atoms with E-state index in [-0.39, 0.29) is 11.8 Å². The highest BCUT2D eigenvalue weighted by Crippen LogP contribution is 2.19. The van der Waals surface area contributed by atoms with Crippen LogP contribution in [0.15, 0.2) is 46.9 Å². The predicted molar refractivity (Wildman–Crippen MR) is 78.3 cm³/mol. The van der Waals surface area contributed by atoms with Crippen LogP contribution in [0.4, 0.5) is 5.88 Å². The molecule has 0 aliphatic heterocycles. The van der Waals surface area contributed by atoms with Gasteiger partial charge in [0.15, 0.2) is 5.76 Å². The molecule has 22 heavy (non-hydrogen) atoms. The van der Waals surface area contributed by atoms with Crippen LogP contribution in [0.5, 0.6) is 0 Å². The van der Waals surface area contributed by atoms with Gasteiger partial charge >= 0.3 is 5.88 Å². The lowest BCUT2D eigenvalue weighted by Gasteiger charge is -2.17. The zero-order chi connectivity index (χ0) is 16.1. The number of amides is 1. The average Bonchev–Trinajstić information content (AvgIpc) is 2.98. The summed E-state index contributed by atoms with van der Waals surface area (Å²) in [5, 5.41) is 23.2. The molecular weight excluding hydrogens is 288 g/mol. The van der Waals surface area contributed by atoms with Crippen molar-refractivity contribution in [2.75, 3.05) is 0 Å². The van der Waals surface area contributed by atoms with Gasteiger partial charge in [-0.3, -0.25) is 14.9 Å². The number of hydrogen-bond acceptors (Lipinski definition) is 5. The largest absolute Gasteiger partial charge is 0.433 e. The van der Waals surface area contributed by atoms with E-state index in [0.29, 0.717) is 6.42 Å². The molecule has 0 aliphatic carbocycles. The number of aliphatic hydroxyl groups excluding tert-OH is 1. The average molecular weight is 304 g/mol. The minimum atomic E-state index is -0.709. The molecule has 2 atom stereocenters. The molecule has 2 unspecified atom stereocenters. The molecule has 1 amide bonds. The van der Waals surface area contributed by atoms with Crippen LogP contribution >= 0.6 is 0 Å². The fraction of sp³-hybridized carbons (Fsp3) is 0.267. The smallest absolute Gasteiger partial charge is 0.395 e. The van der Waals surface area contributed by atoms with E-state index < -0.39 is 22.8 Å². The lowest BCUT2D eigenvalue weighted by Crippen LogP contribution is -2.33. The second-order valence-electron chi connectivity index (χ2n) is 4.93. The molecule has 0 saturated carbocycles. The Morgan fingerprint density at radius 2 is 2.00 bits per heavy atom. The van der Waals surface area contributed by atoms with Gasteiger partial charge in [0, 0.05) is 6.04 Å². The van der Waals surface area contributed by atoms with Crippen molar-refractivity contribution in [3.8, 4) is 0 Å². The van der Waals surface area contributed by atoms with Crippen molar-refractivity contribution in [3.05, 3.63) is 63.9 Å². The Morgan fingerprint density at radius 1 is 1.32 bits per heavy atom. The normalized spacial score (nSPS) is 13.4. The van der Waals surface area contributed by atoms with Crippen molar-refractivity contribution in [2.24, 2.45) is 0 Å². The number of nitrogens with one attached hydrogen (secondary N) is 1. The van der Waals surface area contributed by atoms with E-state index in [9.17, 15) is 20.0 Å². The van der Waals surface area contributed by atoms with Crippen LogP contribution in [0, 0.1) is 10.1 Å². The molecule has 116 valence electrons. The number of nitrogens with zero attached hydrogens (tertiary/aromatic N) is 1. The SMILES string of the molecule is CC(CC(O)c1ccccc1)NC(=O)c1ccc([N+](=O)[O-])o1. The van der Waals surface area contributed by atoms with Gasteiger partial charge in [-0.15, -0.1) is 0 Å². The highest BCUT2D eigenvalue weighted by atomic mass is 16.6. The minimum absolute atomic E-state index is 0.132. The number of carbonyl (C=O) groups excluding carboxylic acids is 1. The van der Waals surface area contributed by atoms with Crippen molar-refractivity contribution in [1.29, 1.82) is 0 Å². The van der Waals surface area contributed by atoms with Crippen molar-refractivity contribution >= 4 is 11.8 Å². The van der Waals surface area contributed by atoms with Crippen LogP contribution in [0.25, 0.3) is 0 Å². The van der Waals surface area contributed by atoms with Crippen LogP contribution in [0.3, 0.4) is 0 Å². The Balaban J connectivity index is 1.92. The Hall–Kier alpha value is -2.67. The molecule has 1 aromatic heterocycles. The van der Waals surface area contributed by atoms with Crippen molar-refractivity contribution < 1.29 is 19.2 Å². The van der Waals surface area contributed by atoms with Crippen LogP contribution < -0.4 is 5.32 Å². The highest BCUT2D eigenvalue weighted by Gasteiger charge is 2.20. The summed E-state index contributed by atoms with van der Waals surface area (Å²) in [6.07, 6.45) is -0.388. The maximum Gasteiger partial charge on any atom is 0.433 e. The Labute approximate surface area is 126 Å².